The Hall–Kier alpha value is -3.35. The van der Waals surface area contributed by atoms with Gasteiger partial charge in [-0.1, -0.05) is 12.1 Å². The number of ether oxygens (including phenoxy) is 3. The van der Waals surface area contributed by atoms with Crippen molar-refractivity contribution in [3.8, 4) is 11.5 Å². The Balaban J connectivity index is 1.68. The molecule has 26 heavy (non-hydrogen) atoms. The van der Waals surface area contributed by atoms with Crippen LogP contribution in [0.3, 0.4) is 0 Å². The lowest BCUT2D eigenvalue weighted by molar-refractivity contribution is -0.141. The highest BCUT2D eigenvalue weighted by Gasteiger charge is 2.18. The number of methoxy groups -OCH3 is 1. The molecule has 0 bridgehead atoms. The molecule has 1 atom stereocenters. The summed E-state index contributed by atoms with van der Waals surface area (Å²) in [5.74, 6) is 0.576. The molecule has 1 unspecified atom stereocenters. The van der Waals surface area contributed by atoms with E-state index < -0.39 is 12.0 Å². The van der Waals surface area contributed by atoms with E-state index >= 15 is 0 Å². The van der Waals surface area contributed by atoms with Crippen molar-refractivity contribution in [3.63, 3.8) is 0 Å². The predicted octanol–water partition coefficient (Wildman–Crippen LogP) is 2.24. The van der Waals surface area contributed by atoms with Gasteiger partial charge in [0.15, 0.2) is 11.5 Å². The Kier molecular flexibility index (Phi) is 5.48. The summed E-state index contributed by atoms with van der Waals surface area (Å²) >= 11 is 0. The van der Waals surface area contributed by atoms with Gasteiger partial charge in [-0.2, -0.15) is 0 Å². The number of hydrogen-bond acceptors (Lipinski definition) is 6. The van der Waals surface area contributed by atoms with E-state index in [2.05, 4.69) is 10.3 Å². The van der Waals surface area contributed by atoms with Gasteiger partial charge in [-0.3, -0.25) is 14.6 Å². The molecule has 1 amide bonds. The highest BCUT2D eigenvalue weighted by Crippen LogP contribution is 2.32. The highest BCUT2D eigenvalue weighted by molar-refractivity contribution is 5.92. The summed E-state index contributed by atoms with van der Waals surface area (Å²) < 4.78 is 15.3. The lowest BCUT2D eigenvalue weighted by Crippen LogP contribution is -2.29. The van der Waals surface area contributed by atoms with E-state index in [0.29, 0.717) is 11.5 Å². The molecule has 1 aromatic carbocycles. The van der Waals surface area contributed by atoms with Crippen LogP contribution < -0.4 is 14.8 Å². The zero-order valence-corrected chi connectivity index (χ0v) is 14.2. The molecule has 1 N–H and O–H groups in total. The number of carbonyl (C=O) groups is 2. The minimum Gasteiger partial charge on any atom is -0.469 e. The third-order valence-corrected chi connectivity index (χ3v) is 3.83. The van der Waals surface area contributed by atoms with Crippen molar-refractivity contribution in [2.45, 2.75) is 12.5 Å². The first-order valence-electron chi connectivity index (χ1n) is 8.00. The van der Waals surface area contributed by atoms with Crippen molar-refractivity contribution in [3.05, 3.63) is 59.9 Å². The van der Waals surface area contributed by atoms with Gasteiger partial charge in [-0.15, -0.1) is 0 Å². The van der Waals surface area contributed by atoms with Gasteiger partial charge in [-0.05, 0) is 35.4 Å². The third kappa shape index (κ3) is 4.38. The molecule has 7 nitrogen and oxygen atoms in total. The number of nitrogens with one attached hydrogen (secondary N) is 1. The maximum absolute atomic E-state index is 12.3. The first kappa shape index (κ1) is 17.5. The second kappa shape index (κ2) is 8.15. The van der Waals surface area contributed by atoms with E-state index in [1.54, 1.807) is 42.7 Å². The van der Waals surface area contributed by atoms with Crippen LogP contribution in [0, 0.1) is 0 Å². The minimum absolute atomic E-state index is 0.0196. The largest absolute Gasteiger partial charge is 0.469 e. The van der Waals surface area contributed by atoms with Crippen LogP contribution >= 0.6 is 0 Å². The highest BCUT2D eigenvalue weighted by atomic mass is 16.7. The van der Waals surface area contributed by atoms with E-state index in [-0.39, 0.29) is 19.1 Å². The molecule has 0 aliphatic carbocycles. The summed E-state index contributed by atoms with van der Waals surface area (Å²) in [5, 5.41) is 2.80. The van der Waals surface area contributed by atoms with E-state index in [0.717, 1.165) is 11.1 Å². The predicted molar refractivity (Wildman–Crippen MR) is 93.4 cm³/mol. The van der Waals surface area contributed by atoms with Gasteiger partial charge in [0.25, 0.3) is 0 Å². The SMILES string of the molecule is COC(=O)CC(NC(=O)/C=C/c1ccc2c(c1)OCO2)c1cccnc1. The molecule has 1 aliphatic rings. The van der Waals surface area contributed by atoms with Crippen LogP contribution in [0.1, 0.15) is 23.6 Å². The third-order valence-electron chi connectivity index (χ3n) is 3.83. The molecule has 1 aromatic heterocycles. The van der Waals surface area contributed by atoms with Crippen molar-refractivity contribution in [1.82, 2.24) is 10.3 Å². The van der Waals surface area contributed by atoms with Crippen molar-refractivity contribution in [1.29, 1.82) is 0 Å². The molecule has 7 heteroatoms. The molecule has 3 rings (SSSR count). The Labute approximate surface area is 150 Å². The molecular formula is C19H18N2O5. The molecule has 0 radical (unpaired) electrons. The molecule has 0 fully saturated rings. The Morgan fingerprint density at radius 2 is 2.15 bits per heavy atom. The quantitative estimate of drug-likeness (QED) is 0.632. The number of amides is 1. The number of fused-ring (bicyclic) bond motifs is 1. The molecule has 134 valence electrons. The summed E-state index contributed by atoms with van der Waals surface area (Å²) in [5.41, 5.74) is 1.53. The lowest BCUT2D eigenvalue weighted by Gasteiger charge is -2.16. The van der Waals surface area contributed by atoms with Crippen LogP contribution in [0.2, 0.25) is 0 Å². The number of benzene rings is 1. The summed E-state index contributed by atoms with van der Waals surface area (Å²) in [6, 6.07) is 8.42. The van der Waals surface area contributed by atoms with Crippen molar-refractivity contribution < 1.29 is 23.8 Å². The van der Waals surface area contributed by atoms with E-state index in [4.69, 9.17) is 14.2 Å². The average molecular weight is 354 g/mol. The smallest absolute Gasteiger partial charge is 0.307 e. The van der Waals surface area contributed by atoms with Gasteiger partial charge in [0.1, 0.15) is 0 Å². The topological polar surface area (TPSA) is 86.8 Å². The number of hydrogen-bond donors (Lipinski definition) is 1. The van der Waals surface area contributed by atoms with Crippen LogP contribution in [0.15, 0.2) is 48.8 Å². The average Bonchev–Trinajstić information content (AvgIpc) is 3.14. The van der Waals surface area contributed by atoms with Gasteiger partial charge < -0.3 is 19.5 Å². The second-order valence-electron chi connectivity index (χ2n) is 5.57. The van der Waals surface area contributed by atoms with Crippen LogP contribution in [-0.2, 0) is 14.3 Å². The van der Waals surface area contributed by atoms with Crippen LogP contribution in [0.4, 0.5) is 0 Å². The van der Waals surface area contributed by atoms with Crippen molar-refractivity contribution in [2.75, 3.05) is 13.9 Å². The van der Waals surface area contributed by atoms with Gasteiger partial charge in [0.2, 0.25) is 12.7 Å². The summed E-state index contributed by atoms with van der Waals surface area (Å²) in [6.07, 6.45) is 6.31. The molecule has 0 saturated heterocycles. The van der Waals surface area contributed by atoms with Crippen LogP contribution in [0.5, 0.6) is 11.5 Å². The second-order valence-corrected chi connectivity index (χ2v) is 5.57. The van der Waals surface area contributed by atoms with Gasteiger partial charge in [0.05, 0.1) is 19.6 Å². The van der Waals surface area contributed by atoms with E-state index in [9.17, 15) is 9.59 Å². The lowest BCUT2D eigenvalue weighted by atomic mass is 10.1. The normalized spacial score (nSPS) is 13.4. The molecule has 2 aromatic rings. The minimum atomic E-state index is -0.523. The number of pyridine rings is 1. The van der Waals surface area contributed by atoms with Crippen LogP contribution in [-0.4, -0.2) is 30.8 Å². The number of rotatable bonds is 6. The van der Waals surface area contributed by atoms with Crippen molar-refractivity contribution >= 4 is 18.0 Å². The first-order chi connectivity index (χ1) is 12.7. The number of aromatic nitrogens is 1. The maximum Gasteiger partial charge on any atom is 0.307 e. The van der Waals surface area contributed by atoms with Gasteiger partial charge in [0, 0.05) is 18.5 Å². The summed E-state index contributed by atoms with van der Waals surface area (Å²) in [6.45, 7) is 0.198. The zero-order valence-electron chi connectivity index (χ0n) is 14.2. The Bertz CT molecular complexity index is 820. The summed E-state index contributed by atoms with van der Waals surface area (Å²) in [7, 11) is 1.31. The first-order valence-corrected chi connectivity index (χ1v) is 8.00. The number of esters is 1. The Morgan fingerprint density at radius 3 is 2.92 bits per heavy atom. The zero-order chi connectivity index (χ0) is 18.4. The van der Waals surface area contributed by atoms with Crippen LogP contribution in [0.25, 0.3) is 6.08 Å². The van der Waals surface area contributed by atoms with Gasteiger partial charge in [-0.25, -0.2) is 0 Å². The van der Waals surface area contributed by atoms with E-state index in [1.807, 2.05) is 6.07 Å². The summed E-state index contributed by atoms with van der Waals surface area (Å²) in [4.78, 5) is 27.9. The van der Waals surface area contributed by atoms with Crippen molar-refractivity contribution in [2.24, 2.45) is 0 Å². The maximum atomic E-state index is 12.3. The standard InChI is InChI=1S/C19H18N2O5/c1-24-19(23)10-15(14-3-2-8-20-11-14)21-18(22)7-5-13-4-6-16-17(9-13)26-12-25-16/h2-9,11,15H,10,12H2,1H3,(H,21,22)/b7-5+. The fourth-order valence-electron chi connectivity index (χ4n) is 2.49. The molecule has 1 aliphatic heterocycles. The fraction of sp³-hybridized carbons (Fsp3) is 0.211. The molecule has 2 heterocycles. The van der Waals surface area contributed by atoms with E-state index in [1.165, 1.54) is 13.2 Å². The molecule has 0 spiro atoms. The number of carbonyl (C=O) groups excluding carboxylic acids is 2. The Morgan fingerprint density at radius 1 is 1.31 bits per heavy atom. The van der Waals surface area contributed by atoms with Gasteiger partial charge >= 0.3 is 5.97 Å². The molecule has 0 saturated carbocycles. The fourth-order valence-corrected chi connectivity index (χ4v) is 2.49. The monoisotopic (exact) mass is 354 g/mol. The molecular weight excluding hydrogens is 336 g/mol. The number of nitrogens with zero attached hydrogens (tertiary/aromatic N) is 1.